The van der Waals surface area contributed by atoms with E-state index in [0.717, 1.165) is 37.7 Å². The molecule has 7 heteroatoms. The van der Waals surface area contributed by atoms with Crippen molar-refractivity contribution in [2.24, 2.45) is 5.41 Å². The van der Waals surface area contributed by atoms with E-state index in [1.807, 2.05) is 30.3 Å². The van der Waals surface area contributed by atoms with Crippen LogP contribution in [0.15, 0.2) is 30.3 Å². The second-order valence-electron chi connectivity index (χ2n) is 9.62. The van der Waals surface area contributed by atoms with Crippen LogP contribution in [0.3, 0.4) is 0 Å². The summed E-state index contributed by atoms with van der Waals surface area (Å²) in [7, 11) is 0. The molecule has 1 amide bonds. The van der Waals surface area contributed by atoms with Gasteiger partial charge in [0, 0.05) is 6.54 Å². The summed E-state index contributed by atoms with van der Waals surface area (Å²) >= 11 is 0. The van der Waals surface area contributed by atoms with E-state index in [4.69, 9.17) is 4.74 Å². The van der Waals surface area contributed by atoms with Gasteiger partial charge in [-0.25, -0.2) is 4.79 Å². The van der Waals surface area contributed by atoms with Crippen LogP contribution in [-0.2, 0) is 25.5 Å². The largest absolute Gasteiger partial charge is 0.480 e. The van der Waals surface area contributed by atoms with Crippen molar-refractivity contribution in [2.75, 3.05) is 13.2 Å². The van der Waals surface area contributed by atoms with E-state index in [9.17, 15) is 19.5 Å². The van der Waals surface area contributed by atoms with Crippen molar-refractivity contribution in [1.82, 2.24) is 10.2 Å². The lowest BCUT2D eigenvalue weighted by atomic mass is 9.66. The predicted octanol–water partition coefficient (Wildman–Crippen LogP) is 3.56. The van der Waals surface area contributed by atoms with Crippen molar-refractivity contribution >= 4 is 17.8 Å². The molecule has 33 heavy (non-hydrogen) atoms. The first-order valence-corrected chi connectivity index (χ1v) is 12.3. The van der Waals surface area contributed by atoms with Gasteiger partial charge in [0.05, 0.1) is 12.6 Å². The van der Waals surface area contributed by atoms with Gasteiger partial charge in [-0.2, -0.15) is 0 Å². The van der Waals surface area contributed by atoms with Gasteiger partial charge in [-0.15, -0.1) is 0 Å². The van der Waals surface area contributed by atoms with Crippen LogP contribution >= 0.6 is 0 Å². The first-order chi connectivity index (χ1) is 15.8. The van der Waals surface area contributed by atoms with Crippen molar-refractivity contribution in [2.45, 2.75) is 89.8 Å². The fraction of sp³-hybridized carbons (Fsp3) is 0.654. The highest BCUT2D eigenvalue weighted by Crippen LogP contribution is 2.46. The standard InChI is InChI=1S/C26H38N2O5/c1-3-33-25(32)21(13-12-20-10-6-4-7-11-20)27-19(2)23(29)28-17-16-26(14-8-5-9-15-26)18-22(28)24(30)31/h4,6-7,10-11,19,21-22,27H,3,5,8-9,12-18H2,1-2H3,(H,30,31)/t19-,21?,22-/m0/s1. The highest BCUT2D eigenvalue weighted by atomic mass is 16.5. The van der Waals surface area contributed by atoms with Crippen LogP contribution in [0.5, 0.6) is 0 Å². The highest BCUT2D eigenvalue weighted by molar-refractivity contribution is 5.88. The summed E-state index contributed by atoms with van der Waals surface area (Å²) in [6.45, 7) is 4.18. The third-order valence-corrected chi connectivity index (χ3v) is 7.33. The van der Waals surface area contributed by atoms with Crippen molar-refractivity contribution in [1.29, 1.82) is 0 Å². The molecule has 0 aromatic heterocycles. The molecule has 1 aromatic carbocycles. The van der Waals surface area contributed by atoms with Crippen LogP contribution in [0.2, 0.25) is 0 Å². The molecule has 1 saturated heterocycles. The molecule has 0 bridgehead atoms. The third-order valence-electron chi connectivity index (χ3n) is 7.33. The van der Waals surface area contributed by atoms with Gasteiger partial charge in [-0.05, 0) is 63.4 Å². The van der Waals surface area contributed by atoms with Gasteiger partial charge in [-0.1, -0.05) is 49.6 Å². The van der Waals surface area contributed by atoms with E-state index in [-0.39, 0.29) is 23.9 Å². The summed E-state index contributed by atoms with van der Waals surface area (Å²) in [6.07, 6.45) is 8.13. The number of benzene rings is 1. The maximum Gasteiger partial charge on any atom is 0.326 e. The number of carboxylic acid groups (broad SMARTS) is 1. The molecule has 2 N–H and O–H groups in total. The Balaban J connectivity index is 1.66. The number of carboxylic acids is 1. The minimum atomic E-state index is -0.939. The summed E-state index contributed by atoms with van der Waals surface area (Å²) < 4.78 is 5.23. The van der Waals surface area contributed by atoms with E-state index in [2.05, 4.69) is 5.32 Å². The van der Waals surface area contributed by atoms with Gasteiger partial charge in [0.25, 0.3) is 0 Å². The first-order valence-electron chi connectivity index (χ1n) is 12.3. The molecule has 7 nitrogen and oxygen atoms in total. The number of likely N-dealkylation sites (tertiary alicyclic amines) is 1. The Hall–Kier alpha value is -2.41. The molecular formula is C26H38N2O5. The molecule has 1 aliphatic heterocycles. The molecule has 2 aliphatic rings. The summed E-state index contributed by atoms with van der Waals surface area (Å²) in [5, 5.41) is 13.1. The molecule has 1 aromatic rings. The van der Waals surface area contributed by atoms with Crippen molar-refractivity contribution in [3.05, 3.63) is 35.9 Å². The maximum atomic E-state index is 13.3. The Morgan fingerprint density at radius 1 is 1.15 bits per heavy atom. The van der Waals surface area contributed by atoms with Gasteiger partial charge >= 0.3 is 11.9 Å². The first kappa shape index (κ1) is 25.2. The van der Waals surface area contributed by atoms with Crippen LogP contribution in [0.1, 0.15) is 70.8 Å². The fourth-order valence-electron chi connectivity index (χ4n) is 5.47. The molecule has 1 unspecified atom stereocenters. The Morgan fingerprint density at radius 2 is 1.85 bits per heavy atom. The maximum absolute atomic E-state index is 13.3. The summed E-state index contributed by atoms with van der Waals surface area (Å²) in [4.78, 5) is 39.5. The number of aryl methyl sites for hydroxylation is 1. The smallest absolute Gasteiger partial charge is 0.326 e. The lowest BCUT2D eigenvalue weighted by molar-refractivity contribution is -0.157. The second kappa shape index (κ2) is 11.6. The number of hydrogen-bond donors (Lipinski definition) is 2. The van der Waals surface area contributed by atoms with E-state index >= 15 is 0 Å². The number of ether oxygens (including phenoxy) is 1. The molecular weight excluding hydrogens is 420 g/mol. The number of nitrogens with one attached hydrogen (secondary N) is 1. The average Bonchev–Trinajstić information content (AvgIpc) is 2.82. The van der Waals surface area contributed by atoms with Crippen LogP contribution in [-0.4, -0.2) is 59.1 Å². The van der Waals surface area contributed by atoms with E-state index in [0.29, 0.717) is 25.8 Å². The quantitative estimate of drug-likeness (QED) is 0.550. The van der Waals surface area contributed by atoms with Crippen molar-refractivity contribution < 1.29 is 24.2 Å². The number of rotatable bonds is 9. The average molecular weight is 459 g/mol. The number of amides is 1. The molecule has 1 saturated carbocycles. The Morgan fingerprint density at radius 3 is 2.48 bits per heavy atom. The van der Waals surface area contributed by atoms with Gasteiger partial charge in [-0.3, -0.25) is 14.9 Å². The van der Waals surface area contributed by atoms with Gasteiger partial charge < -0.3 is 14.7 Å². The summed E-state index contributed by atoms with van der Waals surface area (Å²) in [6, 6.07) is 7.73. The third kappa shape index (κ3) is 6.56. The number of carbonyl (C=O) groups excluding carboxylic acids is 2. The monoisotopic (exact) mass is 458 g/mol. The van der Waals surface area contributed by atoms with E-state index in [1.165, 1.54) is 11.3 Å². The second-order valence-corrected chi connectivity index (χ2v) is 9.62. The Labute approximate surface area is 196 Å². The molecule has 182 valence electrons. The van der Waals surface area contributed by atoms with Gasteiger partial charge in [0.15, 0.2) is 0 Å². The van der Waals surface area contributed by atoms with Crippen LogP contribution in [0.4, 0.5) is 0 Å². The normalized spacial score (nSPS) is 21.9. The van der Waals surface area contributed by atoms with Crippen molar-refractivity contribution in [3.63, 3.8) is 0 Å². The molecule has 0 radical (unpaired) electrons. The lowest BCUT2D eigenvalue weighted by Gasteiger charge is -2.47. The van der Waals surface area contributed by atoms with E-state index < -0.39 is 24.1 Å². The number of aliphatic carboxylic acids is 1. The van der Waals surface area contributed by atoms with Crippen molar-refractivity contribution in [3.8, 4) is 0 Å². The number of carbonyl (C=O) groups is 3. The Kier molecular flexibility index (Phi) is 8.89. The number of esters is 1. The zero-order valence-electron chi connectivity index (χ0n) is 19.9. The van der Waals surface area contributed by atoms with Gasteiger partial charge in [0.1, 0.15) is 12.1 Å². The molecule has 1 spiro atoms. The Bertz CT molecular complexity index is 806. The molecule has 2 fully saturated rings. The molecule has 1 heterocycles. The minimum absolute atomic E-state index is 0.0535. The predicted molar refractivity (Wildman–Crippen MR) is 126 cm³/mol. The van der Waals surface area contributed by atoms with Crippen LogP contribution < -0.4 is 5.32 Å². The minimum Gasteiger partial charge on any atom is -0.480 e. The zero-order valence-corrected chi connectivity index (χ0v) is 19.9. The van der Waals surface area contributed by atoms with E-state index in [1.54, 1.807) is 13.8 Å². The SMILES string of the molecule is CCOC(=O)C(CCc1ccccc1)N[C@@H](C)C(=O)N1CCC2(CCCCC2)C[C@H]1C(=O)O. The van der Waals surface area contributed by atoms with Gasteiger partial charge in [0.2, 0.25) is 5.91 Å². The molecule has 1 aliphatic carbocycles. The molecule has 3 atom stereocenters. The van der Waals surface area contributed by atoms with Crippen LogP contribution in [0.25, 0.3) is 0 Å². The van der Waals surface area contributed by atoms with Crippen LogP contribution in [0, 0.1) is 5.41 Å². The fourth-order valence-corrected chi connectivity index (χ4v) is 5.47. The number of hydrogen-bond acceptors (Lipinski definition) is 5. The zero-order chi connectivity index (χ0) is 23.8. The lowest BCUT2D eigenvalue weighted by Crippen LogP contribution is -2.59. The molecule has 3 rings (SSSR count). The topological polar surface area (TPSA) is 95.9 Å². The summed E-state index contributed by atoms with van der Waals surface area (Å²) in [5.41, 5.74) is 1.16. The summed E-state index contributed by atoms with van der Waals surface area (Å²) in [5.74, 6) is -1.59. The number of piperidine rings is 1. The highest BCUT2D eigenvalue weighted by Gasteiger charge is 2.45. The number of nitrogens with zero attached hydrogens (tertiary/aromatic N) is 1.